The topological polar surface area (TPSA) is 66.2 Å². The zero-order valence-corrected chi connectivity index (χ0v) is 11.1. The summed E-state index contributed by atoms with van der Waals surface area (Å²) in [6.07, 6.45) is 1.56. The van der Waals surface area contributed by atoms with Gasteiger partial charge in [-0.3, -0.25) is 9.48 Å². The molecule has 0 unspecified atom stereocenters. The van der Waals surface area contributed by atoms with Crippen LogP contribution in [0.4, 0.5) is 0 Å². The van der Waals surface area contributed by atoms with Crippen molar-refractivity contribution < 1.29 is 14.3 Å². The third kappa shape index (κ3) is 2.57. The largest absolute Gasteiger partial charge is 0.496 e. The number of aromatic nitrogens is 3. The van der Waals surface area contributed by atoms with Crippen molar-refractivity contribution in [2.75, 3.05) is 14.2 Å². The summed E-state index contributed by atoms with van der Waals surface area (Å²) in [6.45, 7) is 0. The summed E-state index contributed by atoms with van der Waals surface area (Å²) in [5.74, 6) is 1.46. The Balaban J connectivity index is 2.35. The van der Waals surface area contributed by atoms with Gasteiger partial charge in [-0.2, -0.15) is 5.10 Å². The van der Waals surface area contributed by atoms with Crippen molar-refractivity contribution in [2.24, 2.45) is 7.05 Å². The molecule has 0 bridgehead atoms. The molecule has 0 fully saturated rings. The molecule has 0 aliphatic rings. The van der Waals surface area contributed by atoms with Crippen LogP contribution < -0.4 is 9.47 Å². The fourth-order valence-electron chi connectivity index (χ4n) is 1.84. The van der Waals surface area contributed by atoms with Crippen LogP contribution in [0.2, 0.25) is 0 Å². The molecule has 100 valence electrons. The van der Waals surface area contributed by atoms with Crippen LogP contribution in [0.5, 0.6) is 11.5 Å². The molecular weight excluding hydrogens is 246 g/mol. The molecule has 1 heterocycles. The standard InChI is InChI=1S/C13H15N3O3/c1-16-12(14-8-15-16)7-9(17)13-10(18-2)5-4-6-11(13)19-3/h4-6,8H,7H2,1-3H3. The molecule has 2 rings (SSSR count). The summed E-state index contributed by atoms with van der Waals surface area (Å²) < 4.78 is 12.0. The van der Waals surface area contributed by atoms with E-state index in [1.54, 1.807) is 29.9 Å². The maximum atomic E-state index is 12.4. The van der Waals surface area contributed by atoms with Crippen molar-refractivity contribution in [2.45, 2.75) is 6.42 Å². The van der Waals surface area contributed by atoms with Gasteiger partial charge in [-0.25, -0.2) is 4.98 Å². The van der Waals surface area contributed by atoms with Crippen LogP contribution in [-0.2, 0) is 13.5 Å². The number of nitrogens with zero attached hydrogens (tertiary/aromatic N) is 3. The molecule has 6 heteroatoms. The van der Waals surface area contributed by atoms with Gasteiger partial charge in [0.05, 0.1) is 20.6 Å². The summed E-state index contributed by atoms with van der Waals surface area (Å²) in [5.41, 5.74) is 0.426. The smallest absolute Gasteiger partial charge is 0.177 e. The minimum absolute atomic E-state index is 0.120. The highest BCUT2D eigenvalue weighted by molar-refractivity contribution is 6.02. The lowest BCUT2D eigenvalue weighted by Gasteiger charge is -2.11. The number of benzene rings is 1. The maximum absolute atomic E-state index is 12.4. The Morgan fingerprint density at radius 2 is 1.89 bits per heavy atom. The van der Waals surface area contributed by atoms with Gasteiger partial charge in [0.1, 0.15) is 29.2 Å². The number of rotatable bonds is 5. The second kappa shape index (κ2) is 5.51. The van der Waals surface area contributed by atoms with Gasteiger partial charge in [0.15, 0.2) is 5.78 Å². The van der Waals surface area contributed by atoms with E-state index >= 15 is 0 Å². The van der Waals surface area contributed by atoms with Gasteiger partial charge in [0.25, 0.3) is 0 Å². The number of ether oxygens (including phenoxy) is 2. The molecule has 0 aliphatic carbocycles. The average molecular weight is 261 g/mol. The van der Waals surface area contributed by atoms with E-state index in [9.17, 15) is 4.79 Å². The summed E-state index contributed by atoms with van der Waals surface area (Å²) in [7, 11) is 4.79. The van der Waals surface area contributed by atoms with E-state index in [1.807, 2.05) is 0 Å². The highest BCUT2D eigenvalue weighted by atomic mass is 16.5. The Labute approximate surface area is 111 Å². The van der Waals surface area contributed by atoms with Crippen molar-refractivity contribution in [3.8, 4) is 11.5 Å². The third-order valence-electron chi connectivity index (χ3n) is 2.83. The van der Waals surface area contributed by atoms with Crippen LogP contribution in [0, 0.1) is 0 Å². The minimum Gasteiger partial charge on any atom is -0.496 e. The molecule has 6 nitrogen and oxygen atoms in total. The predicted molar refractivity (Wildman–Crippen MR) is 68.6 cm³/mol. The van der Waals surface area contributed by atoms with E-state index in [4.69, 9.17) is 9.47 Å². The molecular formula is C13H15N3O3. The Hall–Kier alpha value is -2.37. The lowest BCUT2D eigenvalue weighted by molar-refractivity contribution is 0.0983. The van der Waals surface area contributed by atoms with Gasteiger partial charge in [-0.1, -0.05) is 6.07 Å². The fraction of sp³-hybridized carbons (Fsp3) is 0.308. The average Bonchev–Trinajstić information content (AvgIpc) is 2.83. The van der Waals surface area contributed by atoms with Crippen molar-refractivity contribution >= 4 is 5.78 Å². The number of carbonyl (C=O) groups is 1. The van der Waals surface area contributed by atoms with Crippen LogP contribution in [-0.4, -0.2) is 34.8 Å². The van der Waals surface area contributed by atoms with E-state index in [2.05, 4.69) is 10.1 Å². The molecule has 2 aromatic rings. The van der Waals surface area contributed by atoms with Gasteiger partial charge in [0, 0.05) is 7.05 Å². The van der Waals surface area contributed by atoms with Crippen LogP contribution in [0.25, 0.3) is 0 Å². The Morgan fingerprint density at radius 1 is 1.26 bits per heavy atom. The van der Waals surface area contributed by atoms with E-state index in [0.717, 1.165) is 0 Å². The first-order chi connectivity index (χ1) is 9.17. The first-order valence-electron chi connectivity index (χ1n) is 5.74. The first-order valence-corrected chi connectivity index (χ1v) is 5.74. The molecule has 1 aromatic heterocycles. The van der Waals surface area contributed by atoms with Crippen molar-refractivity contribution in [3.63, 3.8) is 0 Å². The summed E-state index contributed by atoms with van der Waals surface area (Å²) in [4.78, 5) is 16.4. The van der Waals surface area contributed by atoms with Gasteiger partial charge in [-0.15, -0.1) is 0 Å². The van der Waals surface area contributed by atoms with E-state index in [1.165, 1.54) is 20.5 Å². The number of Topliss-reactive ketones (excluding diaryl/α,β-unsaturated/α-hetero) is 1. The number of methoxy groups -OCH3 is 2. The number of hydrogen-bond donors (Lipinski definition) is 0. The fourth-order valence-corrected chi connectivity index (χ4v) is 1.84. The maximum Gasteiger partial charge on any atom is 0.177 e. The lowest BCUT2D eigenvalue weighted by atomic mass is 10.1. The third-order valence-corrected chi connectivity index (χ3v) is 2.83. The molecule has 1 aromatic carbocycles. The molecule has 0 spiro atoms. The van der Waals surface area contributed by atoms with Crippen LogP contribution in [0.1, 0.15) is 16.2 Å². The van der Waals surface area contributed by atoms with Crippen molar-refractivity contribution in [1.82, 2.24) is 14.8 Å². The van der Waals surface area contributed by atoms with Gasteiger partial charge < -0.3 is 9.47 Å². The molecule has 0 radical (unpaired) electrons. The van der Waals surface area contributed by atoms with Crippen LogP contribution in [0.3, 0.4) is 0 Å². The van der Waals surface area contributed by atoms with Crippen LogP contribution in [0.15, 0.2) is 24.5 Å². The number of hydrogen-bond acceptors (Lipinski definition) is 5. The van der Waals surface area contributed by atoms with E-state index < -0.39 is 0 Å². The molecule has 19 heavy (non-hydrogen) atoms. The predicted octanol–water partition coefficient (Wildman–Crippen LogP) is 1.26. The normalized spacial score (nSPS) is 10.3. The highest BCUT2D eigenvalue weighted by Gasteiger charge is 2.19. The first kappa shape index (κ1) is 13.1. The zero-order chi connectivity index (χ0) is 13.8. The molecule has 0 N–H and O–H groups in total. The van der Waals surface area contributed by atoms with Crippen molar-refractivity contribution in [3.05, 3.63) is 35.9 Å². The zero-order valence-electron chi connectivity index (χ0n) is 11.1. The SMILES string of the molecule is COc1cccc(OC)c1C(=O)Cc1ncnn1C. The monoisotopic (exact) mass is 261 g/mol. The van der Waals surface area contributed by atoms with Gasteiger partial charge in [-0.05, 0) is 12.1 Å². The second-order valence-corrected chi connectivity index (χ2v) is 3.94. The van der Waals surface area contributed by atoms with Crippen LogP contribution >= 0.6 is 0 Å². The minimum atomic E-state index is -0.120. The quantitative estimate of drug-likeness (QED) is 0.758. The number of ketones is 1. The highest BCUT2D eigenvalue weighted by Crippen LogP contribution is 2.29. The van der Waals surface area contributed by atoms with E-state index in [-0.39, 0.29) is 12.2 Å². The molecule has 0 aliphatic heterocycles. The number of aryl methyl sites for hydroxylation is 1. The van der Waals surface area contributed by atoms with E-state index in [0.29, 0.717) is 22.9 Å². The Kier molecular flexibility index (Phi) is 3.79. The molecule has 0 amide bonds. The van der Waals surface area contributed by atoms with Gasteiger partial charge >= 0.3 is 0 Å². The summed E-state index contributed by atoms with van der Waals surface area (Å²) in [5, 5.41) is 3.94. The second-order valence-electron chi connectivity index (χ2n) is 3.94. The lowest BCUT2D eigenvalue weighted by Crippen LogP contribution is -2.11. The Bertz CT molecular complexity index is 570. The number of carbonyl (C=O) groups excluding carboxylic acids is 1. The molecule has 0 saturated heterocycles. The molecule has 0 saturated carbocycles. The Morgan fingerprint density at radius 3 is 2.37 bits per heavy atom. The van der Waals surface area contributed by atoms with Crippen molar-refractivity contribution in [1.29, 1.82) is 0 Å². The van der Waals surface area contributed by atoms with Gasteiger partial charge in [0.2, 0.25) is 0 Å². The summed E-state index contributed by atoms with van der Waals surface area (Å²) >= 11 is 0. The summed E-state index contributed by atoms with van der Waals surface area (Å²) in [6, 6.07) is 5.23. The molecule has 0 atom stereocenters.